The molecule has 0 aromatic carbocycles. The lowest BCUT2D eigenvalue weighted by atomic mass is 9.87. The average Bonchev–Trinajstić information content (AvgIpc) is 2.97. The van der Waals surface area contributed by atoms with Gasteiger partial charge < -0.3 is 11.1 Å². The third-order valence-electron chi connectivity index (χ3n) is 4.34. The number of aryl methyl sites for hydroxylation is 1. The van der Waals surface area contributed by atoms with Gasteiger partial charge in [-0.25, -0.2) is 4.98 Å². The van der Waals surface area contributed by atoms with E-state index in [1.165, 1.54) is 37.8 Å². The SMILES string of the molecule is CCc1cc(NCCN)n2nc(C3CCCCC3)cc2n1. The second-order valence-corrected chi connectivity index (χ2v) is 5.88. The van der Waals surface area contributed by atoms with Gasteiger partial charge in [-0.3, -0.25) is 0 Å². The molecule has 1 saturated carbocycles. The highest BCUT2D eigenvalue weighted by Crippen LogP contribution is 2.32. The van der Waals surface area contributed by atoms with Crippen LogP contribution >= 0.6 is 0 Å². The van der Waals surface area contributed by atoms with Gasteiger partial charge in [0.1, 0.15) is 5.82 Å². The van der Waals surface area contributed by atoms with Gasteiger partial charge in [-0.15, -0.1) is 0 Å². The largest absolute Gasteiger partial charge is 0.369 e. The molecule has 21 heavy (non-hydrogen) atoms. The second kappa shape index (κ2) is 6.43. The van der Waals surface area contributed by atoms with E-state index in [1.807, 2.05) is 4.52 Å². The Balaban J connectivity index is 1.97. The topological polar surface area (TPSA) is 68.2 Å². The fraction of sp³-hybridized carbons (Fsp3) is 0.625. The molecule has 2 heterocycles. The minimum atomic E-state index is 0.605. The van der Waals surface area contributed by atoms with E-state index in [0.29, 0.717) is 12.5 Å². The molecule has 0 atom stereocenters. The lowest BCUT2D eigenvalue weighted by molar-refractivity contribution is 0.435. The van der Waals surface area contributed by atoms with Crippen LogP contribution in [0.4, 0.5) is 5.82 Å². The third kappa shape index (κ3) is 3.02. The van der Waals surface area contributed by atoms with Crippen LogP contribution in [0.1, 0.15) is 56.3 Å². The minimum absolute atomic E-state index is 0.605. The number of aromatic nitrogens is 3. The van der Waals surface area contributed by atoms with Crippen molar-refractivity contribution >= 4 is 11.5 Å². The van der Waals surface area contributed by atoms with E-state index in [9.17, 15) is 0 Å². The van der Waals surface area contributed by atoms with Crippen molar-refractivity contribution in [1.82, 2.24) is 14.6 Å². The predicted molar refractivity (Wildman–Crippen MR) is 85.7 cm³/mol. The Morgan fingerprint density at radius 3 is 2.81 bits per heavy atom. The Morgan fingerprint density at radius 2 is 2.10 bits per heavy atom. The molecular formula is C16H25N5. The fourth-order valence-electron chi connectivity index (χ4n) is 3.15. The molecule has 0 spiro atoms. The van der Waals surface area contributed by atoms with E-state index in [2.05, 4.69) is 24.4 Å². The highest BCUT2D eigenvalue weighted by molar-refractivity contribution is 5.51. The Hall–Kier alpha value is -1.62. The predicted octanol–water partition coefficient (Wildman–Crippen LogP) is 2.71. The molecule has 1 fully saturated rings. The maximum absolute atomic E-state index is 5.61. The zero-order valence-corrected chi connectivity index (χ0v) is 12.8. The van der Waals surface area contributed by atoms with Gasteiger partial charge in [0, 0.05) is 36.8 Å². The van der Waals surface area contributed by atoms with Crippen molar-refractivity contribution in [3.8, 4) is 0 Å². The lowest BCUT2D eigenvalue weighted by Gasteiger charge is -2.19. The van der Waals surface area contributed by atoms with E-state index >= 15 is 0 Å². The van der Waals surface area contributed by atoms with Crippen molar-refractivity contribution < 1.29 is 0 Å². The summed E-state index contributed by atoms with van der Waals surface area (Å²) in [7, 11) is 0. The van der Waals surface area contributed by atoms with E-state index in [0.717, 1.165) is 30.1 Å². The summed E-state index contributed by atoms with van der Waals surface area (Å²) in [6.07, 6.45) is 7.46. The zero-order chi connectivity index (χ0) is 14.7. The molecule has 0 bridgehead atoms. The van der Waals surface area contributed by atoms with Gasteiger partial charge in [0.25, 0.3) is 0 Å². The Labute approximate surface area is 125 Å². The summed E-state index contributed by atoms with van der Waals surface area (Å²) in [5, 5.41) is 8.18. The van der Waals surface area contributed by atoms with Crippen molar-refractivity contribution in [2.75, 3.05) is 18.4 Å². The van der Waals surface area contributed by atoms with Gasteiger partial charge >= 0.3 is 0 Å². The molecule has 3 rings (SSSR count). The molecule has 114 valence electrons. The molecule has 0 aliphatic heterocycles. The quantitative estimate of drug-likeness (QED) is 0.887. The summed E-state index contributed by atoms with van der Waals surface area (Å²) < 4.78 is 1.94. The van der Waals surface area contributed by atoms with Crippen molar-refractivity contribution in [2.45, 2.75) is 51.4 Å². The maximum atomic E-state index is 5.61. The molecule has 2 aromatic heterocycles. The number of nitrogens with two attached hydrogens (primary N) is 1. The van der Waals surface area contributed by atoms with Crippen LogP contribution in [-0.2, 0) is 6.42 Å². The summed E-state index contributed by atoms with van der Waals surface area (Å²) in [6, 6.07) is 4.25. The number of fused-ring (bicyclic) bond motifs is 1. The Morgan fingerprint density at radius 1 is 1.29 bits per heavy atom. The average molecular weight is 287 g/mol. The van der Waals surface area contributed by atoms with Gasteiger partial charge in [-0.05, 0) is 19.3 Å². The summed E-state index contributed by atoms with van der Waals surface area (Å²) in [6.45, 7) is 3.49. The monoisotopic (exact) mass is 287 g/mol. The van der Waals surface area contributed by atoms with Gasteiger partial charge in [0.05, 0.1) is 5.69 Å². The number of nitrogens with zero attached hydrogens (tertiary/aromatic N) is 3. The summed E-state index contributed by atoms with van der Waals surface area (Å²) >= 11 is 0. The van der Waals surface area contributed by atoms with Crippen LogP contribution in [0.3, 0.4) is 0 Å². The highest BCUT2D eigenvalue weighted by atomic mass is 15.3. The lowest BCUT2D eigenvalue weighted by Crippen LogP contribution is -2.16. The van der Waals surface area contributed by atoms with Crippen LogP contribution in [0.15, 0.2) is 12.1 Å². The van der Waals surface area contributed by atoms with Crippen LogP contribution in [0, 0.1) is 0 Å². The molecule has 0 radical (unpaired) electrons. The molecular weight excluding hydrogens is 262 g/mol. The molecule has 2 aromatic rings. The van der Waals surface area contributed by atoms with E-state index in [1.54, 1.807) is 0 Å². The van der Waals surface area contributed by atoms with Crippen LogP contribution in [0.5, 0.6) is 0 Å². The minimum Gasteiger partial charge on any atom is -0.369 e. The first-order valence-corrected chi connectivity index (χ1v) is 8.15. The second-order valence-electron chi connectivity index (χ2n) is 5.88. The zero-order valence-electron chi connectivity index (χ0n) is 12.8. The van der Waals surface area contributed by atoms with E-state index < -0.39 is 0 Å². The summed E-state index contributed by atoms with van der Waals surface area (Å²) in [4.78, 5) is 4.71. The van der Waals surface area contributed by atoms with Crippen LogP contribution in [0.2, 0.25) is 0 Å². The third-order valence-corrected chi connectivity index (χ3v) is 4.34. The molecule has 3 N–H and O–H groups in total. The van der Waals surface area contributed by atoms with Gasteiger partial charge in [-0.1, -0.05) is 26.2 Å². The molecule has 5 heteroatoms. The highest BCUT2D eigenvalue weighted by Gasteiger charge is 2.19. The van der Waals surface area contributed by atoms with Gasteiger partial charge in [-0.2, -0.15) is 9.61 Å². The Kier molecular flexibility index (Phi) is 4.39. The molecule has 0 unspecified atom stereocenters. The first-order chi connectivity index (χ1) is 10.3. The van der Waals surface area contributed by atoms with Crippen LogP contribution in [0.25, 0.3) is 5.65 Å². The normalized spacial score (nSPS) is 16.5. The molecule has 1 aliphatic carbocycles. The van der Waals surface area contributed by atoms with Crippen molar-refractivity contribution in [3.05, 3.63) is 23.5 Å². The first kappa shape index (κ1) is 14.3. The van der Waals surface area contributed by atoms with E-state index in [4.69, 9.17) is 15.8 Å². The van der Waals surface area contributed by atoms with Crippen molar-refractivity contribution in [3.63, 3.8) is 0 Å². The number of hydrogen-bond donors (Lipinski definition) is 2. The van der Waals surface area contributed by atoms with Gasteiger partial charge in [0.15, 0.2) is 5.65 Å². The Bertz CT molecular complexity index is 598. The van der Waals surface area contributed by atoms with Gasteiger partial charge in [0.2, 0.25) is 0 Å². The van der Waals surface area contributed by atoms with Crippen molar-refractivity contribution in [2.24, 2.45) is 5.73 Å². The van der Waals surface area contributed by atoms with E-state index in [-0.39, 0.29) is 0 Å². The molecule has 1 aliphatic rings. The van der Waals surface area contributed by atoms with Crippen LogP contribution in [-0.4, -0.2) is 27.7 Å². The smallest absolute Gasteiger partial charge is 0.157 e. The number of rotatable bonds is 5. The molecule has 0 amide bonds. The number of anilines is 1. The number of hydrogen-bond acceptors (Lipinski definition) is 4. The summed E-state index contributed by atoms with van der Waals surface area (Å²) in [5.74, 6) is 1.61. The fourth-order valence-corrected chi connectivity index (χ4v) is 3.15. The summed E-state index contributed by atoms with van der Waals surface area (Å²) in [5.41, 5.74) is 8.85. The maximum Gasteiger partial charge on any atom is 0.157 e. The molecule has 5 nitrogen and oxygen atoms in total. The molecule has 0 saturated heterocycles. The number of nitrogens with one attached hydrogen (secondary N) is 1. The standard InChI is InChI=1S/C16H25N5/c1-2-13-10-15(18-9-8-17)21-16(19-13)11-14(20-21)12-6-4-3-5-7-12/h10-12,18H,2-9,17H2,1H3. The first-order valence-electron chi connectivity index (χ1n) is 8.15. The van der Waals surface area contributed by atoms with Crippen molar-refractivity contribution in [1.29, 1.82) is 0 Å². The van der Waals surface area contributed by atoms with Crippen LogP contribution < -0.4 is 11.1 Å².